The summed E-state index contributed by atoms with van der Waals surface area (Å²) in [4.78, 5) is 0. The molecule has 2 aromatic carbocycles. The van der Waals surface area contributed by atoms with E-state index in [0.29, 0.717) is 17.6 Å². The van der Waals surface area contributed by atoms with E-state index in [1.165, 1.54) is 11.1 Å². The smallest absolute Gasteiger partial charge is 0.127 e. The molecular weight excluding hydrogens is 256 g/mol. The second kappa shape index (κ2) is 5.93. The molecule has 0 aliphatic rings. The molecule has 0 atom stereocenters. The van der Waals surface area contributed by atoms with Gasteiger partial charge in [-0.3, -0.25) is 0 Å². The van der Waals surface area contributed by atoms with Gasteiger partial charge in [-0.25, -0.2) is 0 Å². The molecule has 0 saturated carbocycles. The van der Waals surface area contributed by atoms with E-state index in [1.807, 2.05) is 6.07 Å². The predicted molar refractivity (Wildman–Crippen MR) is 91.2 cm³/mol. The summed E-state index contributed by atoms with van der Waals surface area (Å²) in [6.45, 7) is 12.8. The van der Waals surface area contributed by atoms with Crippen LogP contribution in [0.3, 0.4) is 0 Å². The highest BCUT2D eigenvalue weighted by atomic mass is 16.3. The summed E-state index contributed by atoms with van der Waals surface area (Å²) in [5.74, 6) is 1.24. The molecule has 1 heteroatoms. The first-order valence-corrected chi connectivity index (χ1v) is 7.76. The summed E-state index contributed by atoms with van der Waals surface area (Å²) in [7, 11) is 0. The number of aromatic hydroxyl groups is 1. The fourth-order valence-electron chi connectivity index (χ4n) is 2.78. The van der Waals surface area contributed by atoms with Gasteiger partial charge in [-0.05, 0) is 53.5 Å². The molecule has 112 valence electrons. The molecular formula is C20H26O. The molecule has 1 nitrogen and oxygen atoms in total. The lowest BCUT2D eigenvalue weighted by Gasteiger charge is -2.18. The van der Waals surface area contributed by atoms with E-state index in [4.69, 9.17) is 0 Å². The van der Waals surface area contributed by atoms with Crippen molar-refractivity contribution in [2.45, 2.75) is 53.4 Å². The lowest BCUT2D eigenvalue weighted by atomic mass is 9.88. The molecule has 0 aliphatic carbocycles. The Hall–Kier alpha value is -1.76. The van der Waals surface area contributed by atoms with Crippen molar-refractivity contribution in [3.63, 3.8) is 0 Å². The molecule has 1 N–H and O–H groups in total. The largest absolute Gasteiger partial charge is 0.507 e. The van der Waals surface area contributed by atoms with Crippen molar-refractivity contribution in [3.05, 3.63) is 52.6 Å². The van der Waals surface area contributed by atoms with E-state index < -0.39 is 0 Å². The zero-order chi connectivity index (χ0) is 15.7. The molecule has 0 spiro atoms. The highest BCUT2D eigenvalue weighted by Crippen LogP contribution is 2.40. The molecule has 0 saturated heterocycles. The number of phenols is 1. The molecule has 21 heavy (non-hydrogen) atoms. The Labute approximate surface area is 128 Å². The third-order valence-corrected chi connectivity index (χ3v) is 4.24. The minimum absolute atomic E-state index is 0.318. The lowest BCUT2D eigenvalue weighted by molar-refractivity contribution is 0.466. The molecule has 0 aliphatic heterocycles. The molecule has 0 aromatic heterocycles. The first-order valence-electron chi connectivity index (χ1n) is 7.76. The van der Waals surface area contributed by atoms with Crippen LogP contribution in [-0.2, 0) is 0 Å². The molecule has 0 amide bonds. The fraction of sp³-hybridized carbons (Fsp3) is 0.400. The summed E-state index contributed by atoms with van der Waals surface area (Å²) >= 11 is 0. The van der Waals surface area contributed by atoms with Crippen molar-refractivity contribution >= 4 is 0 Å². The predicted octanol–water partition coefficient (Wildman–Crippen LogP) is 5.92. The maximum absolute atomic E-state index is 10.7. The Morgan fingerprint density at radius 3 is 2.00 bits per heavy atom. The van der Waals surface area contributed by atoms with Crippen LogP contribution in [0.15, 0.2) is 30.3 Å². The van der Waals surface area contributed by atoms with Gasteiger partial charge >= 0.3 is 0 Å². The van der Waals surface area contributed by atoms with E-state index >= 15 is 0 Å². The number of aryl methyl sites for hydroxylation is 2. The van der Waals surface area contributed by atoms with Crippen molar-refractivity contribution in [1.29, 1.82) is 0 Å². The highest BCUT2D eigenvalue weighted by Gasteiger charge is 2.16. The quantitative estimate of drug-likeness (QED) is 0.740. The van der Waals surface area contributed by atoms with Crippen LogP contribution >= 0.6 is 0 Å². The number of hydrogen-bond acceptors (Lipinski definition) is 1. The zero-order valence-electron chi connectivity index (χ0n) is 14.0. The Balaban J connectivity index is 2.72. The molecule has 0 unspecified atom stereocenters. The molecule has 0 heterocycles. The first-order chi connectivity index (χ1) is 9.82. The minimum atomic E-state index is 0.318. The van der Waals surface area contributed by atoms with Gasteiger partial charge in [-0.2, -0.15) is 0 Å². The van der Waals surface area contributed by atoms with Gasteiger partial charge in [0.15, 0.2) is 0 Å². The topological polar surface area (TPSA) is 20.2 Å². The van der Waals surface area contributed by atoms with E-state index in [9.17, 15) is 5.11 Å². The third-order valence-electron chi connectivity index (χ3n) is 4.24. The fourth-order valence-corrected chi connectivity index (χ4v) is 2.78. The second-order valence-corrected chi connectivity index (χ2v) is 6.58. The lowest BCUT2D eigenvalue weighted by Crippen LogP contribution is -1.96. The van der Waals surface area contributed by atoms with Crippen LogP contribution in [0.1, 0.15) is 61.8 Å². The van der Waals surface area contributed by atoms with E-state index in [-0.39, 0.29) is 0 Å². The number of rotatable bonds is 3. The number of phenolic OH excluding ortho intramolecular Hbond substituents is 1. The van der Waals surface area contributed by atoms with Crippen LogP contribution in [0.5, 0.6) is 5.75 Å². The average Bonchev–Trinajstić information content (AvgIpc) is 2.40. The SMILES string of the molecule is Cc1ccc(C(C)C)cc1-c1c(C)ccc(C(C)C)c1O. The van der Waals surface area contributed by atoms with Gasteiger partial charge in [0.2, 0.25) is 0 Å². The van der Waals surface area contributed by atoms with Gasteiger partial charge in [0.25, 0.3) is 0 Å². The normalized spacial score (nSPS) is 11.4. The van der Waals surface area contributed by atoms with E-state index in [2.05, 4.69) is 65.8 Å². The molecule has 0 radical (unpaired) electrons. The Bertz CT molecular complexity index is 651. The van der Waals surface area contributed by atoms with Gasteiger partial charge in [0, 0.05) is 5.56 Å². The molecule has 0 bridgehead atoms. The molecule has 2 rings (SSSR count). The van der Waals surface area contributed by atoms with Gasteiger partial charge < -0.3 is 5.11 Å². The maximum atomic E-state index is 10.7. The Morgan fingerprint density at radius 2 is 1.43 bits per heavy atom. The summed E-state index contributed by atoms with van der Waals surface area (Å²) in [5, 5.41) is 10.7. The van der Waals surface area contributed by atoms with Crippen LogP contribution in [0, 0.1) is 13.8 Å². The van der Waals surface area contributed by atoms with Crippen LogP contribution in [-0.4, -0.2) is 5.11 Å². The van der Waals surface area contributed by atoms with Crippen molar-refractivity contribution in [1.82, 2.24) is 0 Å². The van der Waals surface area contributed by atoms with Gasteiger partial charge in [0.1, 0.15) is 5.75 Å². The number of benzene rings is 2. The van der Waals surface area contributed by atoms with Gasteiger partial charge in [-0.15, -0.1) is 0 Å². The van der Waals surface area contributed by atoms with Gasteiger partial charge in [-0.1, -0.05) is 58.0 Å². The standard InChI is InChI=1S/C20H26O/c1-12(2)16-9-7-14(5)18(11-16)19-15(6)8-10-17(13(3)4)20(19)21/h7-13,21H,1-6H3. The third kappa shape index (κ3) is 2.97. The molecule has 2 aromatic rings. The van der Waals surface area contributed by atoms with Crippen LogP contribution in [0.25, 0.3) is 11.1 Å². The summed E-state index contributed by atoms with van der Waals surface area (Å²) in [5.41, 5.74) is 6.80. The summed E-state index contributed by atoms with van der Waals surface area (Å²) in [6, 6.07) is 10.7. The number of hydrogen-bond donors (Lipinski definition) is 1. The van der Waals surface area contributed by atoms with Crippen LogP contribution in [0.4, 0.5) is 0 Å². The Kier molecular flexibility index (Phi) is 4.41. The van der Waals surface area contributed by atoms with Crippen LogP contribution in [0.2, 0.25) is 0 Å². The monoisotopic (exact) mass is 282 g/mol. The Morgan fingerprint density at radius 1 is 0.810 bits per heavy atom. The summed E-state index contributed by atoms with van der Waals surface area (Å²) in [6.07, 6.45) is 0. The zero-order valence-corrected chi connectivity index (χ0v) is 14.0. The second-order valence-electron chi connectivity index (χ2n) is 6.58. The van der Waals surface area contributed by atoms with Crippen molar-refractivity contribution in [2.75, 3.05) is 0 Å². The van der Waals surface area contributed by atoms with Crippen LogP contribution < -0.4 is 0 Å². The van der Waals surface area contributed by atoms with Crippen molar-refractivity contribution < 1.29 is 5.11 Å². The molecule has 0 fully saturated rings. The van der Waals surface area contributed by atoms with Crippen molar-refractivity contribution in [3.8, 4) is 16.9 Å². The van der Waals surface area contributed by atoms with Gasteiger partial charge in [0.05, 0.1) is 0 Å². The van der Waals surface area contributed by atoms with Crippen molar-refractivity contribution in [2.24, 2.45) is 0 Å². The first kappa shape index (κ1) is 15.6. The maximum Gasteiger partial charge on any atom is 0.127 e. The van der Waals surface area contributed by atoms with E-state index in [0.717, 1.165) is 22.3 Å². The highest BCUT2D eigenvalue weighted by molar-refractivity contribution is 5.78. The minimum Gasteiger partial charge on any atom is -0.507 e. The average molecular weight is 282 g/mol. The van der Waals surface area contributed by atoms with E-state index in [1.54, 1.807) is 0 Å². The summed E-state index contributed by atoms with van der Waals surface area (Å²) < 4.78 is 0.